The number of nitrogens with zero attached hydrogens (tertiary/aromatic N) is 3. The third-order valence-corrected chi connectivity index (χ3v) is 7.24. The number of amides is 1. The van der Waals surface area contributed by atoms with Gasteiger partial charge in [0.15, 0.2) is 0 Å². The monoisotopic (exact) mass is 439 g/mol. The number of aryl methyl sites for hydroxylation is 1. The van der Waals surface area contributed by atoms with Gasteiger partial charge < -0.3 is 14.2 Å². The number of carbonyl (C=O) groups is 1. The molecule has 2 fully saturated rings. The van der Waals surface area contributed by atoms with E-state index in [1.54, 1.807) is 12.0 Å². The summed E-state index contributed by atoms with van der Waals surface area (Å²) in [6, 6.07) is 8.44. The summed E-state index contributed by atoms with van der Waals surface area (Å²) in [6.07, 6.45) is 7.67. The molecular formula is C26H37N3O3. The number of methoxy groups -OCH3 is 1. The van der Waals surface area contributed by atoms with Crippen LogP contribution in [0, 0.1) is 12.3 Å². The molecule has 1 saturated heterocycles. The fourth-order valence-electron chi connectivity index (χ4n) is 5.52. The lowest BCUT2D eigenvalue weighted by atomic mass is 9.80. The summed E-state index contributed by atoms with van der Waals surface area (Å²) >= 11 is 0. The lowest BCUT2D eigenvalue weighted by Crippen LogP contribution is -2.43. The molecule has 4 rings (SSSR count). The van der Waals surface area contributed by atoms with Crippen molar-refractivity contribution in [3.63, 3.8) is 0 Å². The Kier molecular flexibility index (Phi) is 6.89. The summed E-state index contributed by atoms with van der Waals surface area (Å²) in [6.45, 7) is 4.43. The van der Waals surface area contributed by atoms with E-state index in [0.717, 1.165) is 42.3 Å². The molecule has 1 amide bonds. The lowest BCUT2D eigenvalue weighted by molar-refractivity contribution is -0.139. The predicted octanol–water partition coefficient (Wildman–Crippen LogP) is 4.56. The highest BCUT2D eigenvalue weighted by molar-refractivity contribution is 5.83. The zero-order chi connectivity index (χ0) is 22.7. The molecule has 0 bridgehead atoms. The van der Waals surface area contributed by atoms with Gasteiger partial charge in [0.2, 0.25) is 5.91 Å². The molecule has 0 spiro atoms. The molecule has 1 saturated carbocycles. The van der Waals surface area contributed by atoms with Crippen LogP contribution in [-0.4, -0.2) is 55.2 Å². The van der Waals surface area contributed by atoms with Crippen LogP contribution in [0.3, 0.4) is 0 Å². The van der Waals surface area contributed by atoms with Crippen molar-refractivity contribution in [2.24, 2.45) is 5.41 Å². The molecule has 6 nitrogen and oxygen atoms in total. The van der Waals surface area contributed by atoms with Crippen molar-refractivity contribution in [1.29, 1.82) is 0 Å². The molecule has 1 aromatic carbocycles. The van der Waals surface area contributed by atoms with E-state index in [-0.39, 0.29) is 5.91 Å². The van der Waals surface area contributed by atoms with E-state index in [1.165, 1.54) is 37.7 Å². The first-order valence-electron chi connectivity index (χ1n) is 11.9. The maximum Gasteiger partial charge on any atom is 0.230 e. The number of ether oxygens (including phenoxy) is 1. The Bertz CT molecular complexity index is 932. The summed E-state index contributed by atoms with van der Waals surface area (Å²) < 4.78 is 11.4. The fraction of sp³-hybridized carbons (Fsp3) is 0.615. The van der Waals surface area contributed by atoms with Crippen molar-refractivity contribution >= 4 is 5.91 Å². The molecule has 1 aromatic heterocycles. The minimum Gasteiger partial charge on any atom is -0.496 e. The molecule has 0 N–H and O–H groups in total. The SMILES string of the molecule is COc1cc(C)ccc1CN1CCC(Cc2cc(C3CCCCC3)no2)(C(=O)N(C)C)C1. The second-order valence-corrected chi connectivity index (χ2v) is 9.99. The number of aromatic nitrogens is 1. The van der Waals surface area contributed by atoms with Gasteiger partial charge in [-0.25, -0.2) is 0 Å². The minimum absolute atomic E-state index is 0.173. The number of benzene rings is 1. The van der Waals surface area contributed by atoms with Crippen molar-refractivity contribution in [3.05, 3.63) is 46.8 Å². The van der Waals surface area contributed by atoms with E-state index in [4.69, 9.17) is 9.26 Å². The number of carbonyl (C=O) groups excluding carboxylic acids is 1. The normalized spacial score (nSPS) is 22.2. The number of hydrogen-bond acceptors (Lipinski definition) is 5. The molecule has 2 heterocycles. The van der Waals surface area contributed by atoms with Gasteiger partial charge >= 0.3 is 0 Å². The van der Waals surface area contributed by atoms with Crippen LogP contribution in [0.4, 0.5) is 0 Å². The first-order valence-corrected chi connectivity index (χ1v) is 11.9. The largest absolute Gasteiger partial charge is 0.496 e. The number of likely N-dealkylation sites (tertiary alicyclic amines) is 1. The minimum atomic E-state index is -0.481. The lowest BCUT2D eigenvalue weighted by Gasteiger charge is -2.30. The molecule has 6 heteroatoms. The smallest absolute Gasteiger partial charge is 0.230 e. The average Bonchev–Trinajstić information content (AvgIpc) is 3.43. The van der Waals surface area contributed by atoms with Crippen LogP contribution in [-0.2, 0) is 17.8 Å². The maximum absolute atomic E-state index is 13.4. The van der Waals surface area contributed by atoms with Crippen LogP contribution in [0.25, 0.3) is 0 Å². The van der Waals surface area contributed by atoms with Crippen molar-refractivity contribution in [3.8, 4) is 5.75 Å². The zero-order valence-electron chi connectivity index (χ0n) is 20.0. The highest BCUT2D eigenvalue weighted by Gasteiger charge is 2.46. The van der Waals surface area contributed by atoms with E-state index in [0.29, 0.717) is 18.9 Å². The molecule has 0 radical (unpaired) electrons. The molecule has 32 heavy (non-hydrogen) atoms. The predicted molar refractivity (Wildman–Crippen MR) is 125 cm³/mol. The van der Waals surface area contributed by atoms with Crippen molar-refractivity contribution < 1.29 is 14.1 Å². The van der Waals surface area contributed by atoms with E-state index in [2.05, 4.69) is 41.2 Å². The summed E-state index contributed by atoms with van der Waals surface area (Å²) in [5.41, 5.74) is 2.94. The Labute approximate surface area is 191 Å². The molecule has 2 aromatic rings. The number of rotatable bonds is 7. The standard InChI is InChI=1S/C26H37N3O3/c1-19-10-11-21(24(14-19)31-4)17-29-13-12-26(18-29,25(30)28(2)3)16-22-15-23(27-32-22)20-8-6-5-7-9-20/h10-11,14-15,20H,5-9,12-13,16-18H2,1-4H3. The van der Waals surface area contributed by atoms with Gasteiger partial charge in [-0.2, -0.15) is 0 Å². The van der Waals surface area contributed by atoms with Gasteiger partial charge in [-0.3, -0.25) is 9.69 Å². The first-order chi connectivity index (χ1) is 15.4. The van der Waals surface area contributed by atoms with Gasteiger partial charge in [-0.1, -0.05) is 36.6 Å². The van der Waals surface area contributed by atoms with Crippen LogP contribution in [0.1, 0.15) is 67.0 Å². The molecule has 2 aliphatic rings. The quantitative estimate of drug-likeness (QED) is 0.633. The van der Waals surface area contributed by atoms with Gasteiger partial charge in [0.05, 0.1) is 18.2 Å². The van der Waals surface area contributed by atoms with Gasteiger partial charge in [0, 0.05) is 51.2 Å². The molecule has 1 aliphatic heterocycles. The van der Waals surface area contributed by atoms with Crippen LogP contribution >= 0.6 is 0 Å². The van der Waals surface area contributed by atoms with E-state index < -0.39 is 5.41 Å². The Morgan fingerprint density at radius 3 is 2.75 bits per heavy atom. The van der Waals surface area contributed by atoms with Gasteiger partial charge in [-0.15, -0.1) is 0 Å². The van der Waals surface area contributed by atoms with E-state index >= 15 is 0 Å². The Morgan fingerprint density at radius 1 is 1.25 bits per heavy atom. The molecule has 1 atom stereocenters. The van der Waals surface area contributed by atoms with Crippen LogP contribution in [0.15, 0.2) is 28.8 Å². The van der Waals surface area contributed by atoms with E-state index in [9.17, 15) is 4.79 Å². The maximum atomic E-state index is 13.4. The zero-order valence-corrected chi connectivity index (χ0v) is 20.0. The highest BCUT2D eigenvalue weighted by Crippen LogP contribution is 2.39. The summed E-state index contributed by atoms with van der Waals surface area (Å²) in [5, 5.41) is 4.40. The van der Waals surface area contributed by atoms with Crippen LogP contribution in [0.2, 0.25) is 0 Å². The van der Waals surface area contributed by atoms with Gasteiger partial charge in [0.1, 0.15) is 11.5 Å². The van der Waals surface area contributed by atoms with E-state index in [1.807, 2.05) is 14.1 Å². The summed E-state index contributed by atoms with van der Waals surface area (Å²) in [5.74, 6) is 2.44. The Morgan fingerprint density at radius 2 is 2.03 bits per heavy atom. The summed E-state index contributed by atoms with van der Waals surface area (Å²) in [7, 11) is 5.42. The number of hydrogen-bond donors (Lipinski definition) is 0. The average molecular weight is 440 g/mol. The second-order valence-electron chi connectivity index (χ2n) is 9.99. The molecule has 1 aliphatic carbocycles. The summed E-state index contributed by atoms with van der Waals surface area (Å²) in [4.78, 5) is 17.5. The molecule has 1 unspecified atom stereocenters. The molecular weight excluding hydrogens is 402 g/mol. The topological polar surface area (TPSA) is 58.8 Å². The van der Waals surface area contributed by atoms with Gasteiger partial charge in [0.25, 0.3) is 0 Å². The van der Waals surface area contributed by atoms with Crippen LogP contribution in [0.5, 0.6) is 5.75 Å². The van der Waals surface area contributed by atoms with Gasteiger partial charge in [-0.05, 0) is 44.4 Å². The molecule has 174 valence electrons. The Balaban J connectivity index is 1.51. The second kappa shape index (κ2) is 9.65. The first kappa shape index (κ1) is 22.8. The van der Waals surface area contributed by atoms with Crippen LogP contribution < -0.4 is 4.74 Å². The van der Waals surface area contributed by atoms with Crippen molar-refractivity contribution in [1.82, 2.24) is 15.0 Å². The fourth-order valence-corrected chi connectivity index (χ4v) is 5.52. The third-order valence-electron chi connectivity index (χ3n) is 7.24. The van der Waals surface area contributed by atoms with Crippen molar-refractivity contribution in [2.45, 2.75) is 64.3 Å². The Hall–Kier alpha value is -2.34. The van der Waals surface area contributed by atoms with Crippen molar-refractivity contribution in [2.75, 3.05) is 34.3 Å². The highest BCUT2D eigenvalue weighted by atomic mass is 16.5. The third kappa shape index (κ3) is 4.85.